The van der Waals surface area contributed by atoms with Crippen LogP contribution in [0.5, 0.6) is 0 Å². The first-order valence-electron chi connectivity index (χ1n) is 24.9. The largest absolute Gasteiger partial charge is 0.465 e. The third-order valence-corrected chi connectivity index (χ3v) is 13.3. The second kappa shape index (κ2) is 41.0. The zero-order valence-electron chi connectivity index (χ0n) is 38.1. The number of nitrogens with zero attached hydrogens (tertiary/aromatic N) is 2. The first kappa shape index (κ1) is 53.2. The van der Waals surface area contributed by atoms with Gasteiger partial charge in [0, 0.05) is 31.8 Å². The van der Waals surface area contributed by atoms with Gasteiger partial charge >= 0.3 is 11.9 Å². The summed E-state index contributed by atoms with van der Waals surface area (Å²) in [6.07, 6.45) is 38.4. The van der Waals surface area contributed by atoms with Crippen molar-refractivity contribution >= 4 is 23.7 Å². The van der Waals surface area contributed by atoms with Crippen LogP contribution < -0.4 is 0 Å². The van der Waals surface area contributed by atoms with E-state index in [0.29, 0.717) is 32.0 Å². The van der Waals surface area contributed by atoms with Crippen molar-refractivity contribution in [2.24, 2.45) is 11.8 Å². The van der Waals surface area contributed by atoms with Crippen LogP contribution in [0.2, 0.25) is 0 Å². The first-order valence-corrected chi connectivity index (χ1v) is 26.0. The average molecular weight is 809 g/mol. The molecule has 0 spiro atoms. The highest BCUT2D eigenvalue weighted by atomic mass is 32.2. The molecule has 6 nitrogen and oxygen atoms in total. The number of thioether (sulfide) groups is 1. The molecule has 1 fully saturated rings. The van der Waals surface area contributed by atoms with Crippen molar-refractivity contribution < 1.29 is 19.1 Å². The molecule has 1 aliphatic rings. The second-order valence-electron chi connectivity index (χ2n) is 17.5. The Balaban J connectivity index is 2.37. The van der Waals surface area contributed by atoms with E-state index in [4.69, 9.17) is 9.47 Å². The predicted molar refractivity (Wildman–Crippen MR) is 245 cm³/mol. The normalized spacial score (nSPS) is 14.4. The summed E-state index contributed by atoms with van der Waals surface area (Å²) in [5.41, 5.74) is 0. The Morgan fingerprint density at radius 2 is 1.02 bits per heavy atom. The van der Waals surface area contributed by atoms with Crippen LogP contribution in [-0.4, -0.2) is 85.7 Å². The van der Waals surface area contributed by atoms with Crippen molar-refractivity contribution in [2.45, 2.75) is 227 Å². The van der Waals surface area contributed by atoms with E-state index in [1.165, 1.54) is 186 Å². The van der Waals surface area contributed by atoms with E-state index in [0.717, 1.165) is 57.1 Å². The molecule has 0 amide bonds. The summed E-state index contributed by atoms with van der Waals surface area (Å²) in [4.78, 5) is 30.5. The Kier molecular flexibility index (Phi) is 38.9. The van der Waals surface area contributed by atoms with Crippen LogP contribution in [0.4, 0.5) is 0 Å². The monoisotopic (exact) mass is 809 g/mol. The maximum atomic E-state index is 12.8. The molecule has 0 aromatic heterocycles. The molecule has 0 aliphatic carbocycles. The standard InChI is InChI=1S/C49H96N2O4S/c1-5-9-13-17-19-24-31-46(30-22-15-11-7-3)44-55-48(52)34-26-21-27-36-51(41-40-50-37-28-29-38-50)39-35-49(53)54-42-43-56-45-47(32-23-16-12-8-4)33-25-20-18-14-10-6-2/h46-47H,5-45H2,1-4H3. The van der Waals surface area contributed by atoms with Crippen molar-refractivity contribution in [3.8, 4) is 0 Å². The molecule has 332 valence electrons. The van der Waals surface area contributed by atoms with Gasteiger partial charge in [-0.15, -0.1) is 0 Å². The Hall–Kier alpha value is -0.790. The molecule has 1 saturated heterocycles. The van der Waals surface area contributed by atoms with Gasteiger partial charge in [-0.3, -0.25) is 9.59 Å². The van der Waals surface area contributed by atoms with E-state index in [2.05, 4.69) is 37.5 Å². The van der Waals surface area contributed by atoms with Gasteiger partial charge in [0.15, 0.2) is 0 Å². The Bertz CT molecular complexity index is 854. The number of unbranched alkanes of at least 4 members (excludes halogenated alkanes) is 18. The fourth-order valence-corrected chi connectivity index (χ4v) is 9.28. The van der Waals surface area contributed by atoms with Gasteiger partial charge in [0.2, 0.25) is 0 Å². The van der Waals surface area contributed by atoms with E-state index < -0.39 is 0 Å². The van der Waals surface area contributed by atoms with Gasteiger partial charge in [0.25, 0.3) is 0 Å². The fourth-order valence-electron chi connectivity index (χ4n) is 8.24. The molecule has 0 bridgehead atoms. The smallest absolute Gasteiger partial charge is 0.307 e. The maximum Gasteiger partial charge on any atom is 0.307 e. The van der Waals surface area contributed by atoms with E-state index >= 15 is 0 Å². The maximum absolute atomic E-state index is 12.8. The van der Waals surface area contributed by atoms with Crippen molar-refractivity contribution in [3.05, 3.63) is 0 Å². The lowest BCUT2D eigenvalue weighted by molar-refractivity contribution is -0.145. The summed E-state index contributed by atoms with van der Waals surface area (Å²) < 4.78 is 11.6. The van der Waals surface area contributed by atoms with Crippen molar-refractivity contribution in [2.75, 3.05) is 64.0 Å². The Labute approximate surface area is 353 Å². The number of ether oxygens (including phenoxy) is 2. The molecule has 0 saturated carbocycles. The quantitative estimate of drug-likeness (QED) is 0.0449. The zero-order valence-corrected chi connectivity index (χ0v) is 38.9. The summed E-state index contributed by atoms with van der Waals surface area (Å²) in [6, 6.07) is 0. The van der Waals surface area contributed by atoms with Crippen LogP contribution in [0.1, 0.15) is 227 Å². The van der Waals surface area contributed by atoms with Gasteiger partial charge in [-0.05, 0) is 88.6 Å². The van der Waals surface area contributed by atoms with Crippen LogP contribution >= 0.6 is 11.8 Å². The zero-order chi connectivity index (χ0) is 40.6. The highest BCUT2D eigenvalue weighted by molar-refractivity contribution is 7.99. The lowest BCUT2D eigenvalue weighted by Gasteiger charge is -2.25. The van der Waals surface area contributed by atoms with E-state index in [9.17, 15) is 9.59 Å². The van der Waals surface area contributed by atoms with Gasteiger partial charge in [0.1, 0.15) is 6.61 Å². The van der Waals surface area contributed by atoms with Gasteiger partial charge in [-0.25, -0.2) is 0 Å². The third-order valence-electron chi connectivity index (χ3n) is 12.1. The molecule has 0 radical (unpaired) electrons. The minimum absolute atomic E-state index is 0.0152. The highest BCUT2D eigenvalue weighted by Crippen LogP contribution is 2.23. The molecule has 0 aromatic rings. The molecule has 0 aromatic carbocycles. The summed E-state index contributed by atoms with van der Waals surface area (Å²) in [5.74, 6) is 3.38. The van der Waals surface area contributed by atoms with Gasteiger partial charge in [-0.1, -0.05) is 163 Å². The molecule has 2 atom stereocenters. The number of carbonyl (C=O) groups is 2. The van der Waals surface area contributed by atoms with Crippen molar-refractivity contribution in [1.82, 2.24) is 9.80 Å². The number of hydrogen-bond acceptors (Lipinski definition) is 7. The predicted octanol–water partition coefficient (Wildman–Crippen LogP) is 13.8. The lowest BCUT2D eigenvalue weighted by atomic mass is 9.95. The van der Waals surface area contributed by atoms with Gasteiger partial charge < -0.3 is 19.3 Å². The fraction of sp³-hybridized carbons (Fsp3) is 0.959. The van der Waals surface area contributed by atoms with Gasteiger partial charge in [0.05, 0.1) is 13.0 Å². The number of carbonyl (C=O) groups excluding carboxylic acids is 2. The lowest BCUT2D eigenvalue weighted by Crippen LogP contribution is -2.36. The van der Waals surface area contributed by atoms with E-state index in [-0.39, 0.29) is 11.9 Å². The average Bonchev–Trinajstić information content (AvgIpc) is 3.73. The minimum atomic E-state index is -0.0529. The minimum Gasteiger partial charge on any atom is -0.465 e. The van der Waals surface area contributed by atoms with Crippen LogP contribution in [0.3, 0.4) is 0 Å². The molecule has 0 N–H and O–H groups in total. The molecule has 56 heavy (non-hydrogen) atoms. The van der Waals surface area contributed by atoms with Crippen molar-refractivity contribution in [3.63, 3.8) is 0 Å². The Morgan fingerprint density at radius 3 is 1.59 bits per heavy atom. The van der Waals surface area contributed by atoms with E-state index in [1.54, 1.807) is 0 Å². The van der Waals surface area contributed by atoms with Crippen LogP contribution in [0.25, 0.3) is 0 Å². The summed E-state index contributed by atoms with van der Waals surface area (Å²) in [5, 5.41) is 0. The van der Waals surface area contributed by atoms with Crippen LogP contribution in [0.15, 0.2) is 0 Å². The van der Waals surface area contributed by atoms with Crippen LogP contribution in [-0.2, 0) is 19.1 Å². The molecular weight excluding hydrogens is 713 g/mol. The summed E-state index contributed by atoms with van der Waals surface area (Å²) in [6.45, 7) is 16.5. The number of likely N-dealkylation sites (tertiary alicyclic amines) is 1. The molecule has 1 rings (SSSR count). The number of rotatable bonds is 43. The first-order chi connectivity index (χ1) is 27.5. The SMILES string of the molecule is CCCCCCCCC(CCCCCC)COC(=O)CCCCCN(CCC(=O)OCCSCC(CCCCCC)CCCCCCCC)CCN1CCCC1. The Morgan fingerprint density at radius 1 is 0.536 bits per heavy atom. The molecule has 7 heteroatoms. The van der Waals surface area contributed by atoms with Crippen LogP contribution in [0, 0.1) is 11.8 Å². The van der Waals surface area contributed by atoms with Gasteiger partial charge in [-0.2, -0.15) is 11.8 Å². The second-order valence-corrected chi connectivity index (χ2v) is 18.6. The third kappa shape index (κ3) is 34.1. The number of esters is 2. The summed E-state index contributed by atoms with van der Waals surface area (Å²) >= 11 is 1.99. The molecule has 1 heterocycles. The molecular formula is C49H96N2O4S. The summed E-state index contributed by atoms with van der Waals surface area (Å²) in [7, 11) is 0. The van der Waals surface area contributed by atoms with Crippen molar-refractivity contribution in [1.29, 1.82) is 0 Å². The molecule has 2 unspecified atom stereocenters. The topological polar surface area (TPSA) is 59.1 Å². The highest BCUT2D eigenvalue weighted by Gasteiger charge is 2.16. The van der Waals surface area contributed by atoms with E-state index in [1.807, 2.05) is 11.8 Å². The molecule has 1 aliphatic heterocycles. The number of hydrogen-bond donors (Lipinski definition) is 0.